The van der Waals surface area contributed by atoms with Gasteiger partial charge >= 0.3 is 0 Å². The van der Waals surface area contributed by atoms with Crippen LogP contribution in [0.3, 0.4) is 0 Å². The van der Waals surface area contributed by atoms with Gasteiger partial charge in [-0.25, -0.2) is 0 Å². The third-order valence-electron chi connectivity index (χ3n) is 4.53. The number of halogens is 1. The molecular formula is C15H22ClN3. The highest BCUT2D eigenvalue weighted by Crippen LogP contribution is 2.40. The molecule has 0 unspecified atom stereocenters. The van der Waals surface area contributed by atoms with Crippen molar-refractivity contribution in [3.05, 3.63) is 28.8 Å². The van der Waals surface area contributed by atoms with E-state index < -0.39 is 0 Å². The molecule has 1 saturated heterocycles. The van der Waals surface area contributed by atoms with Crippen molar-refractivity contribution < 1.29 is 0 Å². The lowest BCUT2D eigenvalue weighted by atomic mass is 9.82. The van der Waals surface area contributed by atoms with Gasteiger partial charge in [0.2, 0.25) is 0 Å². The van der Waals surface area contributed by atoms with E-state index in [1.165, 1.54) is 19.3 Å². The standard InChI is InChI=1S/C15H22ClN3/c1-3-15(4-2)7-8-19(10-15)13-9-11(16)5-6-12(13)14(17)18/h5-6,9H,3-4,7-8,10H2,1-2H3,(H3,17,18). The molecule has 0 aromatic heterocycles. The Labute approximate surface area is 120 Å². The van der Waals surface area contributed by atoms with Crippen LogP contribution in [0, 0.1) is 10.8 Å². The van der Waals surface area contributed by atoms with Crippen LogP contribution in [0.5, 0.6) is 0 Å². The Balaban J connectivity index is 2.33. The molecular weight excluding hydrogens is 258 g/mol. The first-order chi connectivity index (χ1) is 9.01. The molecule has 1 aromatic rings. The molecule has 4 heteroatoms. The molecule has 0 amide bonds. The Morgan fingerprint density at radius 2 is 2.11 bits per heavy atom. The number of nitrogens with two attached hydrogens (primary N) is 1. The number of anilines is 1. The molecule has 0 saturated carbocycles. The number of nitrogens with one attached hydrogen (secondary N) is 1. The van der Waals surface area contributed by atoms with E-state index in [9.17, 15) is 0 Å². The number of rotatable bonds is 4. The Morgan fingerprint density at radius 1 is 1.42 bits per heavy atom. The van der Waals surface area contributed by atoms with Gasteiger partial charge in [-0.05, 0) is 42.9 Å². The molecule has 0 spiro atoms. The summed E-state index contributed by atoms with van der Waals surface area (Å²) in [7, 11) is 0. The zero-order valence-electron chi connectivity index (χ0n) is 11.7. The molecule has 1 aromatic carbocycles. The third kappa shape index (κ3) is 2.71. The first-order valence-corrected chi connectivity index (χ1v) is 7.28. The van der Waals surface area contributed by atoms with E-state index in [0.29, 0.717) is 10.4 Å². The summed E-state index contributed by atoms with van der Waals surface area (Å²) in [6, 6.07) is 5.57. The second-order valence-electron chi connectivity index (χ2n) is 5.45. The van der Waals surface area contributed by atoms with Crippen molar-refractivity contribution in [1.82, 2.24) is 0 Å². The molecule has 0 radical (unpaired) electrons. The fourth-order valence-corrected chi connectivity index (χ4v) is 3.13. The van der Waals surface area contributed by atoms with Crippen LogP contribution in [0.15, 0.2) is 18.2 Å². The van der Waals surface area contributed by atoms with Crippen molar-refractivity contribution in [2.45, 2.75) is 33.1 Å². The van der Waals surface area contributed by atoms with Crippen molar-refractivity contribution in [2.24, 2.45) is 11.1 Å². The van der Waals surface area contributed by atoms with Gasteiger partial charge in [0.05, 0.1) is 0 Å². The highest BCUT2D eigenvalue weighted by Gasteiger charge is 2.35. The van der Waals surface area contributed by atoms with Crippen molar-refractivity contribution in [3.8, 4) is 0 Å². The highest BCUT2D eigenvalue weighted by atomic mass is 35.5. The van der Waals surface area contributed by atoms with Crippen LogP contribution in [0.1, 0.15) is 38.7 Å². The molecule has 0 atom stereocenters. The van der Waals surface area contributed by atoms with E-state index in [0.717, 1.165) is 24.3 Å². The number of nitrogens with zero attached hydrogens (tertiary/aromatic N) is 1. The monoisotopic (exact) mass is 279 g/mol. The van der Waals surface area contributed by atoms with Crippen molar-refractivity contribution in [3.63, 3.8) is 0 Å². The van der Waals surface area contributed by atoms with Crippen LogP contribution in [-0.2, 0) is 0 Å². The molecule has 1 heterocycles. The summed E-state index contributed by atoms with van der Waals surface area (Å²) < 4.78 is 0. The van der Waals surface area contributed by atoms with Gasteiger partial charge in [-0.3, -0.25) is 5.41 Å². The summed E-state index contributed by atoms with van der Waals surface area (Å²) in [5, 5.41) is 8.41. The van der Waals surface area contributed by atoms with Gasteiger partial charge in [0, 0.05) is 29.4 Å². The Bertz CT molecular complexity index is 480. The van der Waals surface area contributed by atoms with E-state index in [2.05, 4.69) is 18.7 Å². The minimum absolute atomic E-state index is 0.108. The molecule has 3 N–H and O–H groups in total. The van der Waals surface area contributed by atoms with Crippen molar-refractivity contribution in [2.75, 3.05) is 18.0 Å². The van der Waals surface area contributed by atoms with Gasteiger partial charge in [-0.15, -0.1) is 0 Å². The van der Waals surface area contributed by atoms with Gasteiger partial charge in [0.1, 0.15) is 5.84 Å². The van der Waals surface area contributed by atoms with Gasteiger partial charge in [-0.2, -0.15) is 0 Å². The summed E-state index contributed by atoms with van der Waals surface area (Å²) in [5.74, 6) is 0.108. The number of hydrogen-bond donors (Lipinski definition) is 2. The van der Waals surface area contributed by atoms with Gasteiger partial charge in [0.15, 0.2) is 0 Å². The predicted molar refractivity (Wildman–Crippen MR) is 82.3 cm³/mol. The van der Waals surface area contributed by atoms with E-state index in [-0.39, 0.29) is 5.84 Å². The molecule has 1 aliphatic heterocycles. The molecule has 0 bridgehead atoms. The number of benzene rings is 1. The van der Waals surface area contributed by atoms with Crippen LogP contribution >= 0.6 is 11.6 Å². The summed E-state index contributed by atoms with van der Waals surface area (Å²) >= 11 is 6.10. The molecule has 104 valence electrons. The molecule has 2 rings (SSSR count). The second kappa shape index (κ2) is 5.41. The third-order valence-corrected chi connectivity index (χ3v) is 4.76. The van der Waals surface area contributed by atoms with Crippen LogP contribution in [0.25, 0.3) is 0 Å². The molecule has 1 aliphatic rings. The number of amidine groups is 1. The topological polar surface area (TPSA) is 53.1 Å². The normalized spacial score (nSPS) is 17.7. The minimum atomic E-state index is 0.108. The average Bonchev–Trinajstić information content (AvgIpc) is 2.83. The summed E-state index contributed by atoms with van der Waals surface area (Å²) in [6.07, 6.45) is 3.58. The SMILES string of the molecule is CCC1(CC)CCN(c2cc(Cl)ccc2C(=N)N)C1. The lowest BCUT2D eigenvalue weighted by molar-refractivity contribution is 0.301. The van der Waals surface area contributed by atoms with Crippen LogP contribution in [-0.4, -0.2) is 18.9 Å². The molecule has 19 heavy (non-hydrogen) atoms. The first-order valence-electron chi connectivity index (χ1n) is 6.90. The van der Waals surface area contributed by atoms with Crippen LogP contribution in [0.2, 0.25) is 5.02 Å². The van der Waals surface area contributed by atoms with E-state index in [1.807, 2.05) is 12.1 Å². The summed E-state index contributed by atoms with van der Waals surface area (Å²) in [6.45, 7) is 6.57. The second-order valence-corrected chi connectivity index (χ2v) is 5.89. The van der Waals surface area contributed by atoms with Crippen LogP contribution < -0.4 is 10.6 Å². The predicted octanol–water partition coefficient (Wildman–Crippen LogP) is 3.64. The van der Waals surface area contributed by atoms with E-state index in [1.54, 1.807) is 6.07 Å². The maximum atomic E-state index is 7.71. The molecule has 1 fully saturated rings. The zero-order valence-corrected chi connectivity index (χ0v) is 12.4. The fraction of sp³-hybridized carbons (Fsp3) is 0.533. The van der Waals surface area contributed by atoms with Crippen LogP contribution in [0.4, 0.5) is 5.69 Å². The highest BCUT2D eigenvalue weighted by molar-refractivity contribution is 6.31. The van der Waals surface area contributed by atoms with Gasteiger partial charge in [-0.1, -0.05) is 25.4 Å². The maximum Gasteiger partial charge on any atom is 0.124 e. The number of hydrogen-bond acceptors (Lipinski definition) is 2. The first kappa shape index (κ1) is 14.2. The lowest BCUT2D eigenvalue weighted by Crippen LogP contribution is -2.28. The van der Waals surface area contributed by atoms with Crippen molar-refractivity contribution >= 4 is 23.1 Å². The Morgan fingerprint density at radius 3 is 2.63 bits per heavy atom. The largest absolute Gasteiger partial charge is 0.384 e. The summed E-state index contributed by atoms with van der Waals surface area (Å²) in [5.41, 5.74) is 7.87. The molecule has 0 aliphatic carbocycles. The fourth-order valence-electron chi connectivity index (χ4n) is 2.96. The van der Waals surface area contributed by atoms with Crippen molar-refractivity contribution in [1.29, 1.82) is 5.41 Å². The molecule has 3 nitrogen and oxygen atoms in total. The smallest absolute Gasteiger partial charge is 0.124 e. The van der Waals surface area contributed by atoms with E-state index in [4.69, 9.17) is 22.7 Å². The minimum Gasteiger partial charge on any atom is -0.384 e. The Kier molecular flexibility index (Phi) is 4.04. The lowest BCUT2D eigenvalue weighted by Gasteiger charge is -2.28. The number of nitrogen functional groups attached to an aromatic ring is 1. The summed E-state index contributed by atoms with van der Waals surface area (Å²) in [4.78, 5) is 2.33. The van der Waals surface area contributed by atoms with Gasteiger partial charge < -0.3 is 10.6 Å². The Hall–Kier alpha value is -1.22. The maximum absolute atomic E-state index is 7.71. The van der Waals surface area contributed by atoms with E-state index >= 15 is 0 Å². The quantitative estimate of drug-likeness (QED) is 0.653. The van der Waals surface area contributed by atoms with Gasteiger partial charge in [0.25, 0.3) is 0 Å². The average molecular weight is 280 g/mol. The zero-order chi connectivity index (χ0) is 14.0.